The number of benzene rings is 1. The standard InChI is InChI=1S/C17H14N2O3/c1-22-12-5-6-13-14(15-4-2-3-7-18-15)11-17(21)19(8-9-20)16(13)10-12/h2-7,9-11H,8H2,1H3. The molecule has 0 bridgehead atoms. The van der Waals surface area contributed by atoms with E-state index in [1.54, 1.807) is 19.4 Å². The van der Waals surface area contributed by atoms with E-state index in [1.165, 1.54) is 10.6 Å². The first-order valence-corrected chi connectivity index (χ1v) is 6.81. The lowest BCUT2D eigenvalue weighted by atomic mass is 10.0. The first-order chi connectivity index (χ1) is 10.7. The molecule has 0 radical (unpaired) electrons. The Morgan fingerprint density at radius 3 is 2.77 bits per heavy atom. The first-order valence-electron chi connectivity index (χ1n) is 6.81. The predicted octanol–water partition coefficient (Wildman–Crippen LogP) is 2.27. The summed E-state index contributed by atoms with van der Waals surface area (Å²) in [6, 6.07) is 12.5. The molecule has 0 aliphatic carbocycles. The molecule has 0 aliphatic rings. The number of rotatable bonds is 4. The van der Waals surface area contributed by atoms with Crippen LogP contribution in [-0.2, 0) is 11.3 Å². The fraction of sp³-hybridized carbons (Fsp3) is 0.118. The third-order valence-electron chi connectivity index (χ3n) is 3.52. The summed E-state index contributed by atoms with van der Waals surface area (Å²) in [7, 11) is 1.56. The summed E-state index contributed by atoms with van der Waals surface area (Å²) in [6.45, 7) is 0.00496. The van der Waals surface area contributed by atoms with Crippen molar-refractivity contribution in [2.75, 3.05) is 7.11 Å². The lowest BCUT2D eigenvalue weighted by Crippen LogP contribution is -2.21. The Labute approximate surface area is 126 Å². The molecule has 0 amide bonds. The Hall–Kier alpha value is -2.95. The molecule has 2 heterocycles. The summed E-state index contributed by atoms with van der Waals surface area (Å²) in [5, 5.41) is 0.848. The Morgan fingerprint density at radius 1 is 1.23 bits per heavy atom. The van der Waals surface area contributed by atoms with Crippen LogP contribution in [0, 0.1) is 0 Å². The summed E-state index contributed by atoms with van der Waals surface area (Å²) >= 11 is 0. The number of aromatic nitrogens is 2. The van der Waals surface area contributed by atoms with E-state index in [-0.39, 0.29) is 12.1 Å². The van der Waals surface area contributed by atoms with Gasteiger partial charge in [0.05, 0.1) is 24.9 Å². The normalized spacial score (nSPS) is 10.6. The van der Waals surface area contributed by atoms with Crippen LogP contribution in [0.1, 0.15) is 0 Å². The number of carbonyl (C=O) groups excluding carboxylic acids is 1. The van der Waals surface area contributed by atoms with Crippen molar-refractivity contribution < 1.29 is 9.53 Å². The van der Waals surface area contributed by atoms with E-state index >= 15 is 0 Å². The second-order valence-corrected chi connectivity index (χ2v) is 4.77. The van der Waals surface area contributed by atoms with Crippen LogP contribution in [0.2, 0.25) is 0 Å². The minimum atomic E-state index is -0.242. The van der Waals surface area contributed by atoms with Crippen LogP contribution in [-0.4, -0.2) is 22.9 Å². The number of hydrogen-bond donors (Lipinski definition) is 0. The average molecular weight is 294 g/mol. The van der Waals surface area contributed by atoms with Crippen LogP contribution in [0.15, 0.2) is 53.5 Å². The number of pyridine rings is 2. The number of fused-ring (bicyclic) bond motifs is 1. The van der Waals surface area contributed by atoms with Gasteiger partial charge in [-0.3, -0.25) is 9.78 Å². The lowest BCUT2D eigenvalue weighted by molar-refractivity contribution is -0.108. The molecule has 2 aromatic heterocycles. The molecule has 22 heavy (non-hydrogen) atoms. The first kappa shape index (κ1) is 14.0. The van der Waals surface area contributed by atoms with E-state index in [9.17, 15) is 9.59 Å². The molecule has 5 heteroatoms. The van der Waals surface area contributed by atoms with Crippen LogP contribution in [0.25, 0.3) is 22.2 Å². The second kappa shape index (κ2) is 5.81. The monoisotopic (exact) mass is 294 g/mol. The molecule has 0 saturated heterocycles. The van der Waals surface area contributed by atoms with Gasteiger partial charge in [0.25, 0.3) is 5.56 Å². The Bertz CT molecular complexity index is 886. The molecular formula is C17H14N2O3. The van der Waals surface area contributed by atoms with Crippen molar-refractivity contribution in [3.05, 3.63) is 59.0 Å². The summed E-state index contributed by atoms with van der Waals surface area (Å²) in [5.41, 5.74) is 1.87. The zero-order valence-corrected chi connectivity index (χ0v) is 12.0. The fourth-order valence-electron chi connectivity index (χ4n) is 2.48. The van der Waals surface area contributed by atoms with Crippen LogP contribution < -0.4 is 10.3 Å². The van der Waals surface area contributed by atoms with Gasteiger partial charge in [-0.2, -0.15) is 0 Å². The molecule has 3 aromatic rings. The highest BCUT2D eigenvalue weighted by Gasteiger charge is 2.12. The molecule has 0 fully saturated rings. The minimum absolute atomic E-state index is 0.00496. The van der Waals surface area contributed by atoms with Crippen molar-refractivity contribution in [3.63, 3.8) is 0 Å². The molecule has 110 valence electrons. The average Bonchev–Trinajstić information content (AvgIpc) is 2.57. The Kier molecular flexibility index (Phi) is 3.70. The van der Waals surface area contributed by atoms with Gasteiger partial charge in [-0.15, -0.1) is 0 Å². The van der Waals surface area contributed by atoms with E-state index in [0.29, 0.717) is 23.2 Å². The number of carbonyl (C=O) groups is 1. The van der Waals surface area contributed by atoms with E-state index in [2.05, 4.69) is 4.98 Å². The van der Waals surface area contributed by atoms with Gasteiger partial charge < -0.3 is 14.1 Å². The van der Waals surface area contributed by atoms with Crippen molar-refractivity contribution in [3.8, 4) is 17.0 Å². The third-order valence-corrected chi connectivity index (χ3v) is 3.52. The summed E-state index contributed by atoms with van der Waals surface area (Å²) < 4.78 is 6.65. The number of ether oxygens (including phenoxy) is 1. The van der Waals surface area contributed by atoms with E-state index in [0.717, 1.165) is 10.9 Å². The van der Waals surface area contributed by atoms with Crippen LogP contribution in [0.4, 0.5) is 0 Å². The predicted molar refractivity (Wildman–Crippen MR) is 84.1 cm³/mol. The van der Waals surface area contributed by atoms with Crippen molar-refractivity contribution in [1.82, 2.24) is 9.55 Å². The maximum absolute atomic E-state index is 12.4. The Balaban J connectivity index is 2.38. The van der Waals surface area contributed by atoms with Gasteiger partial charge >= 0.3 is 0 Å². The lowest BCUT2D eigenvalue weighted by Gasteiger charge is -2.12. The second-order valence-electron chi connectivity index (χ2n) is 4.77. The van der Waals surface area contributed by atoms with Crippen molar-refractivity contribution in [2.45, 2.75) is 6.54 Å². The van der Waals surface area contributed by atoms with Gasteiger partial charge in [0.2, 0.25) is 0 Å². The zero-order chi connectivity index (χ0) is 15.5. The summed E-state index contributed by atoms with van der Waals surface area (Å²) in [4.78, 5) is 27.5. The molecule has 1 aromatic carbocycles. The highest BCUT2D eigenvalue weighted by atomic mass is 16.5. The maximum atomic E-state index is 12.4. The van der Waals surface area contributed by atoms with Gasteiger partial charge in [-0.1, -0.05) is 6.07 Å². The zero-order valence-electron chi connectivity index (χ0n) is 12.0. The van der Waals surface area contributed by atoms with Crippen LogP contribution in [0.5, 0.6) is 5.75 Å². The molecule has 0 N–H and O–H groups in total. The van der Waals surface area contributed by atoms with Gasteiger partial charge in [0, 0.05) is 29.3 Å². The van der Waals surface area contributed by atoms with E-state index < -0.39 is 0 Å². The van der Waals surface area contributed by atoms with Gasteiger partial charge in [-0.05, 0) is 24.3 Å². The van der Waals surface area contributed by atoms with E-state index in [4.69, 9.17) is 4.74 Å². The van der Waals surface area contributed by atoms with Crippen molar-refractivity contribution in [2.24, 2.45) is 0 Å². The Morgan fingerprint density at radius 2 is 2.09 bits per heavy atom. The van der Waals surface area contributed by atoms with Crippen LogP contribution in [0.3, 0.4) is 0 Å². The van der Waals surface area contributed by atoms with Crippen LogP contribution >= 0.6 is 0 Å². The van der Waals surface area contributed by atoms with Gasteiger partial charge in [0.15, 0.2) is 0 Å². The van der Waals surface area contributed by atoms with Crippen molar-refractivity contribution in [1.29, 1.82) is 0 Å². The SMILES string of the molecule is COc1ccc2c(-c3ccccn3)cc(=O)n(CC=O)c2c1. The highest BCUT2D eigenvalue weighted by Crippen LogP contribution is 2.28. The summed E-state index contributed by atoms with van der Waals surface area (Å²) in [5.74, 6) is 0.629. The maximum Gasteiger partial charge on any atom is 0.252 e. The fourth-order valence-corrected chi connectivity index (χ4v) is 2.48. The number of nitrogens with zero attached hydrogens (tertiary/aromatic N) is 2. The number of aldehydes is 1. The molecular weight excluding hydrogens is 280 g/mol. The topological polar surface area (TPSA) is 61.2 Å². The molecule has 0 spiro atoms. The van der Waals surface area contributed by atoms with Crippen molar-refractivity contribution >= 4 is 17.2 Å². The number of hydrogen-bond acceptors (Lipinski definition) is 4. The third kappa shape index (κ3) is 2.37. The van der Waals surface area contributed by atoms with Gasteiger partial charge in [0.1, 0.15) is 12.0 Å². The van der Waals surface area contributed by atoms with E-state index in [1.807, 2.05) is 30.3 Å². The molecule has 0 unspecified atom stereocenters. The molecule has 0 atom stereocenters. The molecule has 0 saturated carbocycles. The largest absolute Gasteiger partial charge is 0.497 e. The summed E-state index contributed by atoms with van der Waals surface area (Å²) in [6.07, 6.45) is 2.39. The van der Waals surface area contributed by atoms with Gasteiger partial charge in [-0.25, -0.2) is 0 Å². The highest BCUT2D eigenvalue weighted by molar-refractivity contribution is 5.94. The smallest absolute Gasteiger partial charge is 0.252 e. The quantitative estimate of drug-likeness (QED) is 0.693. The molecule has 0 aliphatic heterocycles. The molecule has 5 nitrogen and oxygen atoms in total. The minimum Gasteiger partial charge on any atom is -0.497 e. The number of methoxy groups -OCH3 is 1. The molecule has 3 rings (SSSR count).